The SMILES string of the molecule is CNS(=O)(=O)c1ccc(N)c(-n2cnc(C#N)n2)c1. The third kappa shape index (κ3) is 2.40. The molecule has 0 amide bonds. The second-order valence-electron chi connectivity index (χ2n) is 3.55. The van der Waals surface area contributed by atoms with Gasteiger partial charge in [0.2, 0.25) is 10.0 Å². The highest BCUT2D eigenvalue weighted by Gasteiger charge is 2.14. The van der Waals surface area contributed by atoms with E-state index in [1.165, 1.54) is 36.3 Å². The number of nitrogens with zero attached hydrogens (tertiary/aromatic N) is 4. The molecule has 9 heteroatoms. The van der Waals surface area contributed by atoms with E-state index in [0.29, 0.717) is 11.4 Å². The van der Waals surface area contributed by atoms with E-state index in [4.69, 9.17) is 11.0 Å². The zero-order valence-electron chi connectivity index (χ0n) is 9.90. The van der Waals surface area contributed by atoms with Crippen LogP contribution in [0.15, 0.2) is 29.4 Å². The van der Waals surface area contributed by atoms with Crippen LogP contribution < -0.4 is 10.5 Å². The molecule has 1 aromatic heterocycles. The second kappa shape index (κ2) is 4.68. The van der Waals surface area contributed by atoms with Gasteiger partial charge in [-0.25, -0.2) is 22.8 Å². The van der Waals surface area contributed by atoms with Crippen LogP contribution in [0.3, 0.4) is 0 Å². The molecule has 3 N–H and O–H groups in total. The lowest BCUT2D eigenvalue weighted by Crippen LogP contribution is -2.19. The zero-order valence-corrected chi connectivity index (χ0v) is 10.7. The molecule has 0 aliphatic rings. The third-order valence-corrected chi connectivity index (χ3v) is 3.83. The van der Waals surface area contributed by atoms with Crippen molar-refractivity contribution < 1.29 is 8.42 Å². The van der Waals surface area contributed by atoms with Gasteiger partial charge in [0, 0.05) is 0 Å². The standard InChI is InChI=1S/C10H10N6O2S/c1-13-19(17,18)7-2-3-8(12)9(4-7)16-6-14-10(5-11)15-16/h2-4,6,13H,12H2,1H3. The summed E-state index contributed by atoms with van der Waals surface area (Å²) in [7, 11) is -2.26. The minimum Gasteiger partial charge on any atom is -0.397 e. The van der Waals surface area contributed by atoms with Gasteiger partial charge in [0.15, 0.2) is 0 Å². The minimum absolute atomic E-state index is 0.0266. The molecule has 0 fully saturated rings. The van der Waals surface area contributed by atoms with Gasteiger partial charge in [-0.05, 0) is 25.2 Å². The molecule has 0 radical (unpaired) electrons. The van der Waals surface area contributed by atoms with Crippen LogP contribution in [0.25, 0.3) is 5.69 Å². The number of aromatic nitrogens is 3. The van der Waals surface area contributed by atoms with Gasteiger partial charge in [0.25, 0.3) is 5.82 Å². The van der Waals surface area contributed by atoms with Gasteiger partial charge in [-0.15, -0.1) is 5.10 Å². The summed E-state index contributed by atoms with van der Waals surface area (Å²) >= 11 is 0. The van der Waals surface area contributed by atoms with E-state index >= 15 is 0 Å². The van der Waals surface area contributed by atoms with E-state index in [1.807, 2.05) is 0 Å². The number of benzene rings is 1. The van der Waals surface area contributed by atoms with Crippen molar-refractivity contribution in [3.05, 3.63) is 30.4 Å². The first kappa shape index (κ1) is 13.0. The maximum absolute atomic E-state index is 11.7. The Kier molecular flexibility index (Phi) is 3.20. The molecule has 2 rings (SSSR count). The Morgan fingerprint density at radius 1 is 1.47 bits per heavy atom. The quantitative estimate of drug-likeness (QED) is 0.737. The molecule has 0 bridgehead atoms. The van der Waals surface area contributed by atoms with Crippen molar-refractivity contribution in [3.8, 4) is 11.8 Å². The molecular weight excluding hydrogens is 268 g/mol. The van der Waals surface area contributed by atoms with E-state index in [2.05, 4.69) is 14.8 Å². The lowest BCUT2D eigenvalue weighted by atomic mass is 10.3. The minimum atomic E-state index is -3.58. The van der Waals surface area contributed by atoms with Crippen LogP contribution in [0.1, 0.15) is 5.82 Å². The Hall–Kier alpha value is -2.44. The molecule has 0 saturated carbocycles. The number of anilines is 1. The fraction of sp³-hybridized carbons (Fsp3) is 0.100. The smallest absolute Gasteiger partial charge is 0.252 e. The fourth-order valence-corrected chi connectivity index (χ4v) is 2.19. The monoisotopic (exact) mass is 278 g/mol. The summed E-state index contributed by atoms with van der Waals surface area (Å²) in [5.74, 6) is -0.0266. The number of nitrogens with one attached hydrogen (secondary N) is 1. The Bertz CT molecular complexity index is 759. The highest BCUT2D eigenvalue weighted by molar-refractivity contribution is 7.89. The van der Waals surface area contributed by atoms with E-state index in [-0.39, 0.29) is 10.7 Å². The van der Waals surface area contributed by atoms with E-state index < -0.39 is 10.0 Å². The molecular formula is C10H10N6O2S. The van der Waals surface area contributed by atoms with Crippen molar-refractivity contribution in [2.75, 3.05) is 12.8 Å². The Morgan fingerprint density at radius 3 is 2.79 bits per heavy atom. The van der Waals surface area contributed by atoms with Crippen LogP contribution in [-0.2, 0) is 10.0 Å². The number of hydrogen-bond donors (Lipinski definition) is 2. The fourth-order valence-electron chi connectivity index (χ4n) is 1.44. The predicted molar refractivity (Wildman–Crippen MR) is 66.7 cm³/mol. The van der Waals surface area contributed by atoms with Crippen molar-refractivity contribution in [2.45, 2.75) is 4.90 Å². The average molecular weight is 278 g/mol. The number of nitriles is 1. The van der Waals surface area contributed by atoms with E-state index in [9.17, 15) is 8.42 Å². The molecule has 0 aliphatic carbocycles. The summed E-state index contributed by atoms with van der Waals surface area (Å²) in [6.45, 7) is 0. The average Bonchev–Trinajstić information content (AvgIpc) is 2.87. The highest BCUT2D eigenvalue weighted by Crippen LogP contribution is 2.20. The van der Waals surface area contributed by atoms with Crippen LogP contribution >= 0.6 is 0 Å². The second-order valence-corrected chi connectivity index (χ2v) is 5.44. The molecule has 2 aromatic rings. The summed E-state index contributed by atoms with van der Waals surface area (Å²) in [6, 6.07) is 5.97. The topological polar surface area (TPSA) is 127 Å². The van der Waals surface area contributed by atoms with Crippen molar-refractivity contribution in [2.24, 2.45) is 0 Å². The number of hydrogen-bond acceptors (Lipinski definition) is 6. The number of sulfonamides is 1. The van der Waals surface area contributed by atoms with Crippen molar-refractivity contribution in [1.29, 1.82) is 5.26 Å². The highest BCUT2D eigenvalue weighted by atomic mass is 32.2. The number of rotatable bonds is 3. The molecule has 0 atom stereocenters. The van der Waals surface area contributed by atoms with Crippen LogP contribution in [0.4, 0.5) is 5.69 Å². The van der Waals surface area contributed by atoms with Gasteiger partial charge in [-0.3, -0.25) is 0 Å². The summed E-state index contributed by atoms with van der Waals surface area (Å²) in [4.78, 5) is 3.78. The molecule has 0 saturated heterocycles. The largest absolute Gasteiger partial charge is 0.397 e. The first-order chi connectivity index (χ1) is 8.97. The summed E-state index contributed by atoms with van der Waals surface area (Å²) in [6.07, 6.45) is 1.29. The molecule has 19 heavy (non-hydrogen) atoms. The molecule has 1 aromatic carbocycles. The van der Waals surface area contributed by atoms with Gasteiger partial charge >= 0.3 is 0 Å². The van der Waals surface area contributed by atoms with Crippen molar-refractivity contribution in [3.63, 3.8) is 0 Å². The van der Waals surface area contributed by atoms with Crippen LogP contribution in [0.2, 0.25) is 0 Å². The predicted octanol–water partition coefficient (Wildman–Crippen LogP) is -0.371. The van der Waals surface area contributed by atoms with Gasteiger partial charge in [-0.2, -0.15) is 5.26 Å². The maximum atomic E-state index is 11.7. The molecule has 0 unspecified atom stereocenters. The van der Waals surface area contributed by atoms with E-state index in [1.54, 1.807) is 6.07 Å². The molecule has 8 nitrogen and oxygen atoms in total. The van der Waals surface area contributed by atoms with Crippen LogP contribution in [-0.4, -0.2) is 30.2 Å². The van der Waals surface area contributed by atoms with Gasteiger partial charge in [0.05, 0.1) is 16.3 Å². The number of nitrogen functional groups attached to an aromatic ring is 1. The molecule has 0 aliphatic heterocycles. The Balaban J connectivity index is 2.58. The summed E-state index contributed by atoms with van der Waals surface area (Å²) in [5.41, 5.74) is 6.43. The zero-order chi connectivity index (χ0) is 14.0. The number of nitrogens with two attached hydrogens (primary N) is 1. The van der Waals surface area contributed by atoms with Crippen molar-refractivity contribution in [1.82, 2.24) is 19.5 Å². The van der Waals surface area contributed by atoms with Crippen molar-refractivity contribution >= 4 is 15.7 Å². The lowest BCUT2D eigenvalue weighted by Gasteiger charge is -2.08. The summed E-state index contributed by atoms with van der Waals surface area (Å²) in [5, 5.41) is 12.5. The van der Waals surface area contributed by atoms with Gasteiger partial charge in [0.1, 0.15) is 12.4 Å². The molecule has 0 spiro atoms. The van der Waals surface area contributed by atoms with Crippen LogP contribution in [0, 0.1) is 11.3 Å². The first-order valence-electron chi connectivity index (χ1n) is 5.13. The molecule has 1 heterocycles. The third-order valence-electron chi connectivity index (χ3n) is 2.42. The van der Waals surface area contributed by atoms with Crippen LogP contribution in [0.5, 0.6) is 0 Å². The Morgan fingerprint density at radius 2 is 2.21 bits per heavy atom. The first-order valence-corrected chi connectivity index (χ1v) is 6.61. The molecule has 98 valence electrons. The maximum Gasteiger partial charge on any atom is 0.252 e. The van der Waals surface area contributed by atoms with E-state index in [0.717, 1.165) is 0 Å². The van der Waals surface area contributed by atoms with Gasteiger partial charge < -0.3 is 5.73 Å². The van der Waals surface area contributed by atoms with Gasteiger partial charge in [-0.1, -0.05) is 0 Å². The lowest BCUT2D eigenvalue weighted by molar-refractivity contribution is 0.588. The Labute approximate surface area is 109 Å². The normalized spacial score (nSPS) is 11.2. The summed E-state index contributed by atoms with van der Waals surface area (Å²) < 4.78 is 26.9.